The van der Waals surface area contributed by atoms with E-state index in [0.29, 0.717) is 11.5 Å². The Hall–Kier alpha value is -7.09. The molecular weight excluding hydrogens is 657 g/mol. The van der Waals surface area contributed by atoms with E-state index in [2.05, 4.69) is 191 Å². The second-order valence-corrected chi connectivity index (χ2v) is 13.8. The number of aromatic nitrogens is 1. The molecule has 258 valence electrons. The van der Waals surface area contributed by atoms with Crippen LogP contribution >= 0.6 is 0 Å². The third-order valence-electron chi connectivity index (χ3n) is 10.5. The first kappa shape index (κ1) is 32.8. The van der Waals surface area contributed by atoms with E-state index >= 15 is 0 Å². The molecule has 0 spiro atoms. The van der Waals surface area contributed by atoms with E-state index in [9.17, 15) is 5.26 Å². The van der Waals surface area contributed by atoms with Crippen molar-refractivity contribution in [3.05, 3.63) is 211 Å². The van der Waals surface area contributed by atoms with Crippen molar-refractivity contribution in [2.24, 2.45) is 5.92 Å². The molecular formula is C50H38N4. The monoisotopic (exact) mass is 694 g/mol. The van der Waals surface area contributed by atoms with Gasteiger partial charge in [-0.25, -0.2) is 0 Å². The van der Waals surface area contributed by atoms with Gasteiger partial charge in [-0.1, -0.05) is 104 Å². The molecule has 9 rings (SSSR count). The van der Waals surface area contributed by atoms with Gasteiger partial charge in [-0.15, -0.1) is 0 Å². The Morgan fingerprint density at radius 3 is 1.74 bits per heavy atom. The van der Waals surface area contributed by atoms with Crippen LogP contribution in [0.4, 0.5) is 28.4 Å². The molecule has 0 fully saturated rings. The summed E-state index contributed by atoms with van der Waals surface area (Å²) in [6.45, 7) is 2.35. The Balaban J connectivity index is 1.19. The number of allylic oxidation sites excluding steroid dienone is 4. The Morgan fingerprint density at radius 1 is 0.537 bits per heavy atom. The minimum Gasteiger partial charge on any atom is -0.313 e. The highest BCUT2D eigenvalue weighted by atomic mass is 15.2. The summed E-state index contributed by atoms with van der Waals surface area (Å²) in [4.78, 5) is 4.70. The summed E-state index contributed by atoms with van der Waals surface area (Å²) in [5, 5.41) is 11.9. The quantitative estimate of drug-likeness (QED) is 0.159. The van der Waals surface area contributed by atoms with Gasteiger partial charge in [0.2, 0.25) is 0 Å². The van der Waals surface area contributed by atoms with Crippen LogP contribution in [-0.4, -0.2) is 4.57 Å². The number of nitriles is 1. The molecule has 0 aliphatic heterocycles. The van der Waals surface area contributed by atoms with E-state index < -0.39 is 0 Å². The molecule has 4 heteroatoms. The molecule has 0 N–H and O–H groups in total. The molecule has 0 amide bonds. The maximum Gasteiger partial charge on any atom is 0.0991 e. The molecule has 4 nitrogen and oxygen atoms in total. The average molecular weight is 695 g/mol. The third kappa shape index (κ3) is 5.92. The lowest BCUT2D eigenvalue weighted by Crippen LogP contribution is -2.23. The minimum absolute atomic E-state index is 0.297. The molecule has 1 aliphatic carbocycles. The van der Waals surface area contributed by atoms with Crippen molar-refractivity contribution in [1.82, 2.24) is 4.57 Å². The first-order valence-corrected chi connectivity index (χ1v) is 18.5. The summed E-state index contributed by atoms with van der Waals surface area (Å²) in [5.41, 5.74) is 13.3. The molecule has 0 saturated heterocycles. The van der Waals surface area contributed by atoms with E-state index in [4.69, 9.17) is 0 Å². The Labute approximate surface area is 316 Å². The van der Waals surface area contributed by atoms with Crippen molar-refractivity contribution in [2.75, 3.05) is 9.80 Å². The Morgan fingerprint density at radius 2 is 1.09 bits per heavy atom. The lowest BCUT2D eigenvalue weighted by molar-refractivity contribution is 0.681. The second kappa shape index (κ2) is 14.1. The van der Waals surface area contributed by atoms with Crippen LogP contribution in [0.3, 0.4) is 0 Å². The smallest absolute Gasteiger partial charge is 0.0991 e. The molecule has 1 unspecified atom stereocenters. The molecule has 1 aromatic heterocycles. The zero-order chi connectivity index (χ0) is 36.4. The average Bonchev–Trinajstić information content (AvgIpc) is 3.58. The summed E-state index contributed by atoms with van der Waals surface area (Å²) in [6.07, 6.45) is 5.60. The van der Waals surface area contributed by atoms with Crippen molar-refractivity contribution >= 4 is 55.8 Å². The lowest BCUT2D eigenvalue weighted by atomic mass is 9.87. The van der Waals surface area contributed by atoms with Gasteiger partial charge in [-0.3, -0.25) is 0 Å². The van der Waals surface area contributed by atoms with Gasteiger partial charge in [0, 0.05) is 50.8 Å². The topological polar surface area (TPSA) is 35.2 Å². The van der Waals surface area contributed by atoms with Gasteiger partial charge < -0.3 is 14.4 Å². The molecule has 8 aromatic rings. The summed E-state index contributed by atoms with van der Waals surface area (Å²) in [5.74, 6) is 0.297. The summed E-state index contributed by atoms with van der Waals surface area (Å²) in [6, 6.07) is 66.1. The standard InChI is InChI=1S/C50H38N4/c1-36-34-39(38-14-5-2-6-15-38)26-33-46(36)53(41-18-9-4-10-19-41)48-22-13-23-49-50(48)45-20-11-12-21-47(45)54(49)44-31-29-43(30-32-44)52(40-16-7-3-8-17-40)42-27-24-37(35-51)25-28-42/h2-33,36H,34H2,1H3. The molecule has 54 heavy (non-hydrogen) atoms. The highest BCUT2D eigenvalue weighted by Crippen LogP contribution is 2.45. The van der Waals surface area contributed by atoms with Gasteiger partial charge in [0.15, 0.2) is 0 Å². The predicted octanol–water partition coefficient (Wildman–Crippen LogP) is 13.3. The van der Waals surface area contributed by atoms with Crippen molar-refractivity contribution in [3.63, 3.8) is 0 Å². The highest BCUT2D eigenvalue weighted by molar-refractivity contribution is 6.16. The maximum absolute atomic E-state index is 9.43. The van der Waals surface area contributed by atoms with Crippen LogP contribution in [0, 0.1) is 17.2 Å². The van der Waals surface area contributed by atoms with Crippen molar-refractivity contribution < 1.29 is 0 Å². The number of anilines is 5. The lowest BCUT2D eigenvalue weighted by Gasteiger charge is -2.34. The van der Waals surface area contributed by atoms with Crippen LogP contribution in [0.1, 0.15) is 24.5 Å². The first-order chi connectivity index (χ1) is 26.7. The van der Waals surface area contributed by atoms with Gasteiger partial charge in [0.25, 0.3) is 0 Å². The second-order valence-electron chi connectivity index (χ2n) is 13.8. The van der Waals surface area contributed by atoms with Crippen LogP contribution in [0.25, 0.3) is 33.1 Å². The zero-order valence-corrected chi connectivity index (χ0v) is 30.0. The van der Waals surface area contributed by atoms with Gasteiger partial charge >= 0.3 is 0 Å². The molecule has 0 radical (unpaired) electrons. The van der Waals surface area contributed by atoms with Gasteiger partial charge in [0.1, 0.15) is 0 Å². The number of benzene rings is 7. The molecule has 0 saturated carbocycles. The summed E-state index contributed by atoms with van der Waals surface area (Å²) >= 11 is 0. The molecule has 1 aliphatic rings. The minimum atomic E-state index is 0.297. The Bertz CT molecular complexity index is 2680. The zero-order valence-electron chi connectivity index (χ0n) is 30.0. The number of rotatable bonds is 8. The SMILES string of the molecule is CC1CC(c2ccccc2)=CC=C1N(c1ccccc1)c1cccc2c1c1ccccc1n2-c1ccc(N(c2ccccc2)c2ccc(C#N)cc2)cc1. The normalized spacial score (nSPS) is 14.0. The van der Waals surface area contributed by atoms with E-state index in [0.717, 1.165) is 51.6 Å². The van der Waals surface area contributed by atoms with E-state index in [1.807, 2.05) is 30.3 Å². The van der Waals surface area contributed by atoms with Crippen LogP contribution < -0.4 is 9.80 Å². The maximum atomic E-state index is 9.43. The van der Waals surface area contributed by atoms with Crippen molar-refractivity contribution in [2.45, 2.75) is 13.3 Å². The predicted molar refractivity (Wildman–Crippen MR) is 225 cm³/mol. The molecule has 1 atom stereocenters. The third-order valence-corrected chi connectivity index (χ3v) is 10.5. The number of para-hydroxylation sites is 3. The number of fused-ring (bicyclic) bond motifs is 3. The Kier molecular flexibility index (Phi) is 8.59. The van der Waals surface area contributed by atoms with E-state index in [1.54, 1.807) is 0 Å². The number of hydrogen-bond acceptors (Lipinski definition) is 3. The first-order valence-electron chi connectivity index (χ1n) is 18.5. The van der Waals surface area contributed by atoms with Gasteiger partial charge in [-0.05, 0) is 115 Å². The van der Waals surface area contributed by atoms with Crippen LogP contribution in [0.15, 0.2) is 200 Å². The number of hydrogen-bond donors (Lipinski definition) is 0. The number of nitrogens with zero attached hydrogens (tertiary/aromatic N) is 4. The van der Waals surface area contributed by atoms with E-state index in [1.165, 1.54) is 27.6 Å². The summed E-state index contributed by atoms with van der Waals surface area (Å²) in [7, 11) is 0. The van der Waals surface area contributed by atoms with Crippen LogP contribution in [0.5, 0.6) is 0 Å². The van der Waals surface area contributed by atoms with Gasteiger partial charge in [0.05, 0.1) is 28.4 Å². The fourth-order valence-corrected chi connectivity index (χ4v) is 7.94. The van der Waals surface area contributed by atoms with E-state index in [-0.39, 0.29) is 0 Å². The van der Waals surface area contributed by atoms with Crippen molar-refractivity contribution in [1.29, 1.82) is 5.26 Å². The van der Waals surface area contributed by atoms with Crippen LogP contribution in [0.2, 0.25) is 0 Å². The van der Waals surface area contributed by atoms with Gasteiger partial charge in [-0.2, -0.15) is 5.26 Å². The fraction of sp³-hybridized carbons (Fsp3) is 0.0600. The molecule has 1 heterocycles. The molecule has 7 aromatic carbocycles. The summed E-state index contributed by atoms with van der Waals surface area (Å²) < 4.78 is 2.39. The van der Waals surface area contributed by atoms with Crippen LogP contribution in [-0.2, 0) is 0 Å². The fourth-order valence-electron chi connectivity index (χ4n) is 7.94. The highest BCUT2D eigenvalue weighted by Gasteiger charge is 2.27. The van der Waals surface area contributed by atoms with Crippen molar-refractivity contribution in [3.8, 4) is 11.8 Å². The largest absolute Gasteiger partial charge is 0.313 e. The molecule has 0 bridgehead atoms.